The number of ether oxygens (including phenoxy) is 1. The molecule has 1 aromatic heterocycles. The van der Waals surface area contributed by atoms with Gasteiger partial charge >= 0.3 is 0 Å². The number of hydrogen-bond acceptors (Lipinski definition) is 7. The minimum Gasteiger partial charge on any atom is -0.383 e. The zero-order valence-electron chi connectivity index (χ0n) is 10.9. The van der Waals surface area contributed by atoms with E-state index in [4.69, 9.17) is 4.74 Å². The van der Waals surface area contributed by atoms with Crippen molar-refractivity contribution in [2.45, 2.75) is 0 Å². The summed E-state index contributed by atoms with van der Waals surface area (Å²) < 4.78 is 4.96. The predicted molar refractivity (Wildman–Crippen MR) is 70.0 cm³/mol. The van der Waals surface area contributed by atoms with Gasteiger partial charge in [-0.3, -0.25) is 4.79 Å². The fourth-order valence-corrected chi connectivity index (χ4v) is 1.82. The summed E-state index contributed by atoms with van der Waals surface area (Å²) in [6.45, 7) is 4.11. The highest BCUT2D eigenvalue weighted by atomic mass is 16.5. The lowest BCUT2D eigenvalue weighted by molar-refractivity contribution is -0.118. The van der Waals surface area contributed by atoms with Crippen LogP contribution in [0.1, 0.15) is 0 Å². The largest absolute Gasteiger partial charge is 0.383 e. The Morgan fingerprint density at radius 3 is 2.89 bits per heavy atom. The number of hydrogen-bond donors (Lipinski definition) is 1. The van der Waals surface area contributed by atoms with Gasteiger partial charge in [-0.15, -0.1) is 5.10 Å². The van der Waals surface area contributed by atoms with Crippen molar-refractivity contribution in [1.82, 2.24) is 20.1 Å². The van der Waals surface area contributed by atoms with Crippen LogP contribution < -0.4 is 10.2 Å². The summed E-state index contributed by atoms with van der Waals surface area (Å²) in [7, 11) is 1.65. The summed E-state index contributed by atoms with van der Waals surface area (Å²) in [5.41, 5.74) is 0. The molecule has 1 amide bonds. The van der Waals surface area contributed by atoms with E-state index in [0.29, 0.717) is 38.0 Å². The van der Waals surface area contributed by atoms with E-state index in [-0.39, 0.29) is 0 Å². The highest BCUT2D eigenvalue weighted by molar-refractivity contribution is 5.48. The first-order valence-corrected chi connectivity index (χ1v) is 6.20. The normalized spacial score (nSPS) is 15.4. The Balaban J connectivity index is 1.93. The molecule has 1 saturated heterocycles. The van der Waals surface area contributed by atoms with Crippen molar-refractivity contribution in [2.75, 3.05) is 56.7 Å². The summed E-state index contributed by atoms with van der Waals surface area (Å²) in [4.78, 5) is 18.8. The number of piperazine rings is 1. The first kappa shape index (κ1) is 13.5. The highest BCUT2D eigenvalue weighted by Gasteiger charge is 2.18. The molecule has 0 radical (unpaired) electrons. The molecule has 2 heterocycles. The van der Waals surface area contributed by atoms with Crippen LogP contribution >= 0.6 is 0 Å². The van der Waals surface area contributed by atoms with E-state index in [2.05, 4.69) is 20.5 Å². The summed E-state index contributed by atoms with van der Waals surface area (Å²) >= 11 is 0. The second kappa shape index (κ2) is 6.83. The molecule has 19 heavy (non-hydrogen) atoms. The van der Waals surface area contributed by atoms with Gasteiger partial charge in [-0.25, -0.2) is 0 Å². The fourth-order valence-electron chi connectivity index (χ4n) is 1.82. The van der Waals surface area contributed by atoms with Crippen LogP contribution in [-0.4, -0.2) is 72.9 Å². The van der Waals surface area contributed by atoms with Gasteiger partial charge in [0.25, 0.3) is 0 Å². The van der Waals surface area contributed by atoms with Crippen molar-refractivity contribution < 1.29 is 9.53 Å². The Morgan fingerprint density at radius 2 is 2.21 bits per heavy atom. The molecule has 0 spiro atoms. The Bertz CT molecular complexity index is 408. The number of nitrogens with zero attached hydrogens (tertiary/aromatic N) is 5. The van der Waals surface area contributed by atoms with Crippen LogP contribution in [0.15, 0.2) is 6.20 Å². The summed E-state index contributed by atoms with van der Waals surface area (Å²) in [6, 6.07) is 0. The zero-order valence-corrected chi connectivity index (χ0v) is 10.9. The number of rotatable bonds is 6. The van der Waals surface area contributed by atoms with Crippen molar-refractivity contribution in [3.05, 3.63) is 6.20 Å². The van der Waals surface area contributed by atoms with Gasteiger partial charge in [-0.05, 0) is 0 Å². The third-order valence-electron chi connectivity index (χ3n) is 2.91. The molecule has 1 aliphatic heterocycles. The smallest absolute Gasteiger partial charge is 0.247 e. The monoisotopic (exact) mass is 266 g/mol. The molecule has 0 aliphatic carbocycles. The average molecular weight is 266 g/mol. The van der Waals surface area contributed by atoms with Gasteiger partial charge < -0.3 is 19.9 Å². The lowest BCUT2D eigenvalue weighted by atomic mass is 10.3. The Morgan fingerprint density at radius 1 is 1.42 bits per heavy atom. The second-order valence-corrected chi connectivity index (χ2v) is 4.19. The predicted octanol–water partition coefficient (Wildman–Crippen LogP) is -0.792. The minimum atomic E-state index is 0.591. The van der Waals surface area contributed by atoms with E-state index in [1.165, 1.54) is 0 Å². The standard InChI is InChI=1S/C11H18N6O2/c1-19-7-2-12-10-8-13-15-11(14-10)17-5-3-16(9-18)4-6-17/h8-9H,2-7H2,1H3,(H,12,14,15). The molecule has 8 nitrogen and oxygen atoms in total. The quantitative estimate of drug-likeness (QED) is 0.533. The van der Waals surface area contributed by atoms with Crippen molar-refractivity contribution in [3.8, 4) is 0 Å². The maximum atomic E-state index is 10.6. The van der Waals surface area contributed by atoms with Crippen molar-refractivity contribution in [1.29, 1.82) is 0 Å². The van der Waals surface area contributed by atoms with Gasteiger partial charge in [0.2, 0.25) is 12.4 Å². The zero-order chi connectivity index (χ0) is 13.5. The van der Waals surface area contributed by atoms with Crippen molar-refractivity contribution in [3.63, 3.8) is 0 Å². The molecule has 1 aromatic rings. The van der Waals surface area contributed by atoms with Crippen LogP contribution in [0, 0.1) is 0 Å². The SMILES string of the molecule is COCCNc1cnnc(N2CCN(C=O)CC2)n1. The van der Waals surface area contributed by atoms with Gasteiger partial charge in [0, 0.05) is 39.8 Å². The van der Waals surface area contributed by atoms with E-state index < -0.39 is 0 Å². The third kappa shape index (κ3) is 3.75. The maximum Gasteiger partial charge on any atom is 0.247 e. The van der Waals surface area contributed by atoms with Gasteiger partial charge in [0.05, 0.1) is 12.8 Å². The highest BCUT2D eigenvalue weighted by Crippen LogP contribution is 2.11. The average Bonchev–Trinajstić information content (AvgIpc) is 2.48. The molecule has 1 aliphatic rings. The van der Waals surface area contributed by atoms with E-state index >= 15 is 0 Å². The van der Waals surface area contributed by atoms with Crippen LogP contribution in [0.25, 0.3) is 0 Å². The Labute approximate surface area is 111 Å². The molecule has 0 unspecified atom stereocenters. The molecular weight excluding hydrogens is 248 g/mol. The summed E-state index contributed by atoms with van der Waals surface area (Å²) in [5, 5.41) is 11.1. The van der Waals surface area contributed by atoms with E-state index in [1.54, 1.807) is 18.2 Å². The van der Waals surface area contributed by atoms with Gasteiger partial charge in [0.1, 0.15) is 0 Å². The van der Waals surface area contributed by atoms with Gasteiger partial charge in [-0.1, -0.05) is 0 Å². The number of methoxy groups -OCH3 is 1. The van der Waals surface area contributed by atoms with E-state index in [9.17, 15) is 4.79 Å². The first-order valence-electron chi connectivity index (χ1n) is 6.20. The van der Waals surface area contributed by atoms with Crippen molar-refractivity contribution in [2.24, 2.45) is 0 Å². The molecule has 0 atom stereocenters. The molecular formula is C11H18N6O2. The second-order valence-electron chi connectivity index (χ2n) is 4.19. The lowest BCUT2D eigenvalue weighted by Crippen LogP contribution is -2.46. The summed E-state index contributed by atoms with van der Waals surface area (Å²) in [6.07, 6.45) is 2.46. The number of carbonyl (C=O) groups excluding carboxylic acids is 1. The van der Waals surface area contributed by atoms with Crippen LogP contribution in [0.5, 0.6) is 0 Å². The number of nitrogens with one attached hydrogen (secondary N) is 1. The van der Waals surface area contributed by atoms with Gasteiger partial charge in [-0.2, -0.15) is 10.1 Å². The van der Waals surface area contributed by atoms with E-state index in [1.807, 2.05) is 4.90 Å². The molecule has 104 valence electrons. The Hall–Kier alpha value is -1.96. The molecule has 1 N–H and O–H groups in total. The number of anilines is 2. The molecule has 0 bridgehead atoms. The molecule has 2 rings (SSSR count). The maximum absolute atomic E-state index is 10.6. The number of aromatic nitrogens is 3. The fraction of sp³-hybridized carbons (Fsp3) is 0.636. The summed E-state index contributed by atoms with van der Waals surface area (Å²) in [5.74, 6) is 1.27. The minimum absolute atomic E-state index is 0.591. The van der Waals surface area contributed by atoms with Gasteiger partial charge in [0.15, 0.2) is 5.82 Å². The molecule has 8 heteroatoms. The van der Waals surface area contributed by atoms with Crippen molar-refractivity contribution >= 4 is 18.2 Å². The molecule has 1 fully saturated rings. The van der Waals surface area contributed by atoms with Crippen LogP contribution in [0.2, 0.25) is 0 Å². The Kier molecular flexibility index (Phi) is 4.85. The van der Waals surface area contributed by atoms with E-state index in [0.717, 1.165) is 19.5 Å². The number of carbonyl (C=O) groups is 1. The first-order chi connectivity index (χ1) is 9.33. The molecule has 0 saturated carbocycles. The lowest BCUT2D eigenvalue weighted by Gasteiger charge is -2.32. The molecule has 0 aromatic carbocycles. The number of amides is 1. The van der Waals surface area contributed by atoms with Crippen LogP contribution in [-0.2, 0) is 9.53 Å². The van der Waals surface area contributed by atoms with Crippen LogP contribution in [0.4, 0.5) is 11.8 Å². The topological polar surface area (TPSA) is 83.5 Å². The van der Waals surface area contributed by atoms with Crippen LogP contribution in [0.3, 0.4) is 0 Å². The third-order valence-corrected chi connectivity index (χ3v) is 2.91.